The highest BCUT2D eigenvalue weighted by molar-refractivity contribution is 6.37. The van der Waals surface area contributed by atoms with E-state index in [1.807, 2.05) is 0 Å². The van der Waals surface area contributed by atoms with Crippen molar-refractivity contribution < 1.29 is 18.0 Å². The number of nitrogens with zero attached hydrogens (tertiary/aromatic N) is 2. The molecule has 10 heteroatoms. The van der Waals surface area contributed by atoms with Gasteiger partial charge in [-0.15, -0.1) is 0 Å². The maximum Gasteiger partial charge on any atom is 0.418 e. The largest absolute Gasteiger partial charge is 0.418 e. The van der Waals surface area contributed by atoms with Crippen molar-refractivity contribution in [1.29, 1.82) is 0 Å². The van der Waals surface area contributed by atoms with E-state index in [2.05, 4.69) is 20.6 Å². The van der Waals surface area contributed by atoms with Crippen LogP contribution in [0.3, 0.4) is 0 Å². The topological polar surface area (TPSA) is 91.9 Å². The summed E-state index contributed by atoms with van der Waals surface area (Å²) in [6.45, 7) is 0. The Morgan fingerprint density at radius 1 is 1.36 bits per heavy atom. The summed E-state index contributed by atoms with van der Waals surface area (Å²) in [6, 6.07) is 1.70. The summed E-state index contributed by atoms with van der Waals surface area (Å²) >= 11 is 5.91. The SMILES string of the molecule is CN=CNc1c(C(F)(F)F)ccc(C(=O)NC(N)=NC)c1Cl. The van der Waals surface area contributed by atoms with Crippen molar-refractivity contribution in [2.75, 3.05) is 19.4 Å². The molecule has 0 atom stereocenters. The first-order valence-corrected chi connectivity index (χ1v) is 6.20. The maximum atomic E-state index is 13.0. The van der Waals surface area contributed by atoms with E-state index in [-0.39, 0.29) is 11.5 Å². The fourth-order valence-electron chi connectivity index (χ4n) is 1.50. The summed E-state index contributed by atoms with van der Waals surface area (Å²) in [4.78, 5) is 19.0. The van der Waals surface area contributed by atoms with Crippen LogP contribution < -0.4 is 16.4 Å². The van der Waals surface area contributed by atoms with Crippen LogP contribution in [-0.4, -0.2) is 32.3 Å². The molecule has 1 amide bonds. The normalized spacial score (nSPS) is 12.5. The van der Waals surface area contributed by atoms with Gasteiger partial charge in [0.2, 0.25) is 0 Å². The molecule has 0 aliphatic carbocycles. The third kappa shape index (κ3) is 4.10. The Balaban J connectivity index is 3.37. The Morgan fingerprint density at radius 2 is 2.00 bits per heavy atom. The van der Waals surface area contributed by atoms with Gasteiger partial charge < -0.3 is 11.1 Å². The van der Waals surface area contributed by atoms with E-state index < -0.39 is 28.4 Å². The molecule has 0 saturated heterocycles. The molecule has 4 N–H and O–H groups in total. The Labute approximate surface area is 129 Å². The molecule has 0 aliphatic rings. The first-order valence-electron chi connectivity index (χ1n) is 5.82. The van der Waals surface area contributed by atoms with Crippen LogP contribution in [0.1, 0.15) is 15.9 Å². The zero-order chi connectivity index (χ0) is 16.9. The minimum atomic E-state index is -4.65. The van der Waals surface area contributed by atoms with Gasteiger partial charge in [-0.3, -0.25) is 20.1 Å². The summed E-state index contributed by atoms with van der Waals surface area (Å²) in [6.07, 6.45) is -3.62. The number of aliphatic imine (C=N–C) groups is 2. The third-order valence-electron chi connectivity index (χ3n) is 2.51. The van der Waals surface area contributed by atoms with Crippen molar-refractivity contribution in [3.05, 3.63) is 28.3 Å². The van der Waals surface area contributed by atoms with Gasteiger partial charge in [0.1, 0.15) is 0 Å². The summed E-state index contributed by atoms with van der Waals surface area (Å²) < 4.78 is 38.9. The van der Waals surface area contributed by atoms with Crippen molar-refractivity contribution >= 4 is 35.5 Å². The number of carbonyl (C=O) groups excluding carboxylic acids is 1. The molecule has 0 saturated carbocycles. The van der Waals surface area contributed by atoms with Gasteiger partial charge in [-0.05, 0) is 12.1 Å². The summed E-state index contributed by atoms with van der Waals surface area (Å²) in [5.41, 5.74) is 3.66. The minimum Gasteiger partial charge on any atom is -0.370 e. The van der Waals surface area contributed by atoms with E-state index in [0.29, 0.717) is 0 Å². The van der Waals surface area contributed by atoms with Gasteiger partial charge in [0.05, 0.1) is 28.2 Å². The van der Waals surface area contributed by atoms with E-state index in [1.54, 1.807) is 0 Å². The number of hydrogen-bond donors (Lipinski definition) is 3. The number of nitrogens with two attached hydrogens (primary N) is 1. The standard InChI is InChI=1S/C12H13ClF3N5O/c1-18-5-20-9-7(12(14,15)16)4-3-6(8(9)13)10(22)21-11(17)19-2/h3-5H,1-2H3,(H,18,20)(H3,17,19,21,22). The Hall–Kier alpha value is -2.29. The van der Waals surface area contributed by atoms with Crippen molar-refractivity contribution in [2.24, 2.45) is 15.7 Å². The second-order valence-electron chi connectivity index (χ2n) is 3.94. The Morgan fingerprint density at radius 3 is 2.50 bits per heavy atom. The van der Waals surface area contributed by atoms with Crippen molar-refractivity contribution in [1.82, 2.24) is 5.32 Å². The van der Waals surface area contributed by atoms with Gasteiger partial charge in [0, 0.05) is 14.1 Å². The second kappa shape index (κ2) is 7.12. The summed E-state index contributed by atoms with van der Waals surface area (Å²) in [5, 5.41) is 4.10. The molecule has 120 valence electrons. The zero-order valence-electron chi connectivity index (χ0n) is 11.6. The number of benzene rings is 1. The minimum absolute atomic E-state index is 0.187. The molecule has 1 aromatic carbocycles. The van der Waals surface area contributed by atoms with E-state index in [0.717, 1.165) is 18.5 Å². The van der Waals surface area contributed by atoms with Crippen LogP contribution in [0.2, 0.25) is 5.02 Å². The smallest absolute Gasteiger partial charge is 0.370 e. The fourth-order valence-corrected chi connectivity index (χ4v) is 1.80. The predicted molar refractivity (Wildman–Crippen MR) is 79.5 cm³/mol. The monoisotopic (exact) mass is 335 g/mol. The molecule has 0 radical (unpaired) electrons. The molecule has 0 aromatic heterocycles. The van der Waals surface area contributed by atoms with E-state index in [4.69, 9.17) is 17.3 Å². The zero-order valence-corrected chi connectivity index (χ0v) is 12.4. The number of halogens is 4. The van der Waals surface area contributed by atoms with Crippen molar-refractivity contribution in [3.8, 4) is 0 Å². The van der Waals surface area contributed by atoms with Crippen LogP contribution >= 0.6 is 11.6 Å². The number of anilines is 1. The molecule has 0 spiro atoms. The van der Waals surface area contributed by atoms with Crippen LogP contribution in [0.5, 0.6) is 0 Å². The number of rotatable bonds is 3. The molecule has 22 heavy (non-hydrogen) atoms. The number of nitrogens with one attached hydrogen (secondary N) is 2. The summed E-state index contributed by atoms with van der Waals surface area (Å²) in [7, 11) is 2.71. The average Bonchev–Trinajstić information content (AvgIpc) is 2.44. The van der Waals surface area contributed by atoms with Crippen LogP contribution in [0.15, 0.2) is 22.1 Å². The highest BCUT2D eigenvalue weighted by atomic mass is 35.5. The lowest BCUT2D eigenvalue weighted by molar-refractivity contribution is -0.136. The van der Waals surface area contributed by atoms with Crippen LogP contribution in [-0.2, 0) is 6.18 Å². The van der Waals surface area contributed by atoms with Crippen LogP contribution in [0, 0.1) is 0 Å². The van der Waals surface area contributed by atoms with Gasteiger partial charge in [-0.2, -0.15) is 13.2 Å². The lowest BCUT2D eigenvalue weighted by atomic mass is 10.1. The van der Waals surface area contributed by atoms with Gasteiger partial charge in [0.25, 0.3) is 5.91 Å². The lowest BCUT2D eigenvalue weighted by Crippen LogP contribution is -2.36. The Bertz CT molecular complexity index is 628. The van der Waals surface area contributed by atoms with E-state index >= 15 is 0 Å². The van der Waals surface area contributed by atoms with Gasteiger partial charge in [-0.1, -0.05) is 11.6 Å². The Kier molecular flexibility index (Phi) is 5.75. The molecule has 6 nitrogen and oxygen atoms in total. The molecular formula is C12H13ClF3N5O. The molecule has 0 aliphatic heterocycles. The third-order valence-corrected chi connectivity index (χ3v) is 2.91. The number of amides is 1. The quantitative estimate of drug-likeness (QED) is 0.583. The van der Waals surface area contributed by atoms with Gasteiger partial charge in [0.15, 0.2) is 5.96 Å². The van der Waals surface area contributed by atoms with Gasteiger partial charge >= 0.3 is 6.18 Å². The molecule has 0 fully saturated rings. The number of guanidine groups is 1. The van der Waals surface area contributed by atoms with Crippen LogP contribution in [0.25, 0.3) is 0 Å². The van der Waals surface area contributed by atoms with Crippen molar-refractivity contribution in [2.45, 2.75) is 6.18 Å². The molecule has 1 aromatic rings. The number of carbonyl (C=O) groups is 1. The highest BCUT2D eigenvalue weighted by Crippen LogP contribution is 2.39. The highest BCUT2D eigenvalue weighted by Gasteiger charge is 2.35. The second-order valence-corrected chi connectivity index (χ2v) is 4.32. The molecule has 0 heterocycles. The van der Waals surface area contributed by atoms with Crippen molar-refractivity contribution in [3.63, 3.8) is 0 Å². The lowest BCUT2D eigenvalue weighted by Gasteiger charge is -2.16. The van der Waals surface area contributed by atoms with Gasteiger partial charge in [-0.25, -0.2) is 0 Å². The van der Waals surface area contributed by atoms with E-state index in [1.165, 1.54) is 14.1 Å². The fraction of sp³-hybridized carbons (Fsp3) is 0.250. The maximum absolute atomic E-state index is 13.0. The molecule has 1 rings (SSSR count). The average molecular weight is 336 g/mol. The first-order chi connectivity index (χ1) is 10.2. The molecule has 0 bridgehead atoms. The number of alkyl halides is 3. The first kappa shape index (κ1) is 17.8. The number of hydrogen-bond acceptors (Lipinski definition) is 3. The van der Waals surface area contributed by atoms with Crippen LogP contribution in [0.4, 0.5) is 18.9 Å². The predicted octanol–water partition coefficient (Wildman–Crippen LogP) is 2.10. The summed E-state index contributed by atoms with van der Waals surface area (Å²) in [5.74, 6) is -0.969. The molecule has 0 unspecified atom stereocenters. The molecular weight excluding hydrogens is 323 g/mol. The van der Waals surface area contributed by atoms with E-state index in [9.17, 15) is 18.0 Å².